The van der Waals surface area contributed by atoms with Crippen molar-refractivity contribution in [1.82, 2.24) is 5.32 Å². The van der Waals surface area contributed by atoms with E-state index in [4.69, 9.17) is 9.47 Å². The lowest BCUT2D eigenvalue weighted by Crippen LogP contribution is -2.10. The van der Waals surface area contributed by atoms with E-state index in [0.717, 1.165) is 30.2 Å². The molecule has 0 aliphatic carbocycles. The van der Waals surface area contributed by atoms with Crippen LogP contribution in [-0.4, -0.2) is 20.8 Å². The van der Waals surface area contributed by atoms with Crippen LogP contribution in [0.4, 0.5) is 0 Å². The Bertz CT molecular complexity index is 324. The second-order valence-electron chi connectivity index (χ2n) is 4.21. The Morgan fingerprint density at radius 1 is 1.31 bits per heavy atom. The summed E-state index contributed by atoms with van der Waals surface area (Å²) in [6.45, 7) is 5.80. The van der Waals surface area contributed by atoms with Crippen LogP contribution in [0.1, 0.15) is 19.4 Å². The molecule has 0 fully saturated rings. The first-order valence-electron chi connectivity index (χ1n) is 5.61. The molecule has 0 saturated carbocycles. The van der Waals surface area contributed by atoms with Crippen molar-refractivity contribution in [2.24, 2.45) is 5.92 Å². The highest BCUT2D eigenvalue weighted by Crippen LogP contribution is 2.25. The van der Waals surface area contributed by atoms with Gasteiger partial charge in [0.15, 0.2) is 0 Å². The highest BCUT2D eigenvalue weighted by molar-refractivity contribution is 5.40. The Kier molecular flexibility index (Phi) is 5.12. The van der Waals surface area contributed by atoms with Gasteiger partial charge in [0.2, 0.25) is 0 Å². The Hall–Kier alpha value is -1.22. The van der Waals surface area contributed by atoms with Crippen molar-refractivity contribution in [3.63, 3.8) is 0 Å². The van der Waals surface area contributed by atoms with E-state index in [0.29, 0.717) is 5.92 Å². The molecule has 1 aromatic carbocycles. The summed E-state index contributed by atoms with van der Waals surface area (Å²) in [5, 5.41) is 3.13. The number of benzene rings is 1. The maximum absolute atomic E-state index is 5.77. The van der Waals surface area contributed by atoms with Gasteiger partial charge in [-0.3, -0.25) is 0 Å². The summed E-state index contributed by atoms with van der Waals surface area (Å²) in [5.74, 6) is 2.26. The van der Waals surface area contributed by atoms with E-state index < -0.39 is 0 Å². The fraction of sp³-hybridized carbons (Fsp3) is 0.538. The van der Waals surface area contributed by atoms with Crippen molar-refractivity contribution in [2.45, 2.75) is 20.4 Å². The van der Waals surface area contributed by atoms with Gasteiger partial charge in [0.05, 0.1) is 13.7 Å². The van der Waals surface area contributed by atoms with Crippen LogP contribution in [0.15, 0.2) is 18.2 Å². The van der Waals surface area contributed by atoms with Crippen LogP contribution in [0.25, 0.3) is 0 Å². The molecule has 0 spiro atoms. The maximum atomic E-state index is 5.77. The van der Waals surface area contributed by atoms with Gasteiger partial charge in [-0.25, -0.2) is 0 Å². The van der Waals surface area contributed by atoms with E-state index in [1.54, 1.807) is 7.11 Å². The third-order valence-corrected chi connectivity index (χ3v) is 2.21. The molecule has 16 heavy (non-hydrogen) atoms. The molecule has 0 saturated heterocycles. The largest absolute Gasteiger partial charge is 0.497 e. The fourth-order valence-corrected chi connectivity index (χ4v) is 1.39. The third kappa shape index (κ3) is 3.74. The lowest BCUT2D eigenvalue weighted by atomic mass is 10.2. The summed E-state index contributed by atoms with van der Waals surface area (Å²) < 4.78 is 11.0. The second-order valence-corrected chi connectivity index (χ2v) is 4.21. The average molecular weight is 223 g/mol. The molecule has 0 heterocycles. The zero-order chi connectivity index (χ0) is 12.0. The van der Waals surface area contributed by atoms with Crippen molar-refractivity contribution in [3.8, 4) is 11.5 Å². The summed E-state index contributed by atoms with van der Waals surface area (Å²) in [6, 6.07) is 5.93. The van der Waals surface area contributed by atoms with Crippen LogP contribution in [-0.2, 0) is 6.54 Å². The summed E-state index contributed by atoms with van der Waals surface area (Å²) in [4.78, 5) is 0. The first-order valence-corrected chi connectivity index (χ1v) is 5.61. The summed E-state index contributed by atoms with van der Waals surface area (Å²) in [5.41, 5.74) is 1.16. The van der Waals surface area contributed by atoms with Gasteiger partial charge in [0, 0.05) is 18.2 Å². The molecule has 0 aliphatic heterocycles. The van der Waals surface area contributed by atoms with E-state index in [-0.39, 0.29) is 0 Å². The van der Waals surface area contributed by atoms with E-state index >= 15 is 0 Å². The summed E-state index contributed by atoms with van der Waals surface area (Å²) >= 11 is 0. The maximum Gasteiger partial charge on any atom is 0.127 e. The Morgan fingerprint density at radius 2 is 2.06 bits per heavy atom. The summed E-state index contributed by atoms with van der Waals surface area (Å²) in [7, 11) is 3.59. The third-order valence-electron chi connectivity index (χ3n) is 2.21. The lowest BCUT2D eigenvalue weighted by Gasteiger charge is -2.14. The lowest BCUT2D eigenvalue weighted by molar-refractivity contribution is 0.266. The zero-order valence-corrected chi connectivity index (χ0v) is 10.5. The molecule has 0 amide bonds. The Balaban J connectivity index is 2.82. The van der Waals surface area contributed by atoms with E-state index in [2.05, 4.69) is 19.2 Å². The molecule has 1 rings (SSSR count). The quantitative estimate of drug-likeness (QED) is 0.803. The molecule has 0 radical (unpaired) electrons. The molecule has 1 N–H and O–H groups in total. The monoisotopic (exact) mass is 223 g/mol. The average Bonchev–Trinajstić information content (AvgIpc) is 2.28. The first kappa shape index (κ1) is 12.8. The molecule has 0 unspecified atom stereocenters. The standard InChI is InChI=1S/C13H21NO2/c1-10(2)9-16-13-7-12(15-4)6-5-11(13)8-14-3/h5-7,10,14H,8-9H2,1-4H3. The van der Waals surface area contributed by atoms with Gasteiger partial charge in [-0.1, -0.05) is 19.9 Å². The SMILES string of the molecule is CNCc1ccc(OC)cc1OCC(C)C. The van der Waals surface area contributed by atoms with Crippen LogP contribution < -0.4 is 14.8 Å². The molecule has 90 valence electrons. The minimum atomic E-state index is 0.522. The normalized spacial score (nSPS) is 10.6. The minimum Gasteiger partial charge on any atom is -0.497 e. The van der Waals surface area contributed by atoms with Gasteiger partial charge in [0.25, 0.3) is 0 Å². The highest BCUT2D eigenvalue weighted by atomic mass is 16.5. The van der Waals surface area contributed by atoms with Crippen LogP contribution in [0, 0.1) is 5.92 Å². The molecular formula is C13H21NO2. The first-order chi connectivity index (χ1) is 7.67. The molecule has 0 atom stereocenters. The zero-order valence-electron chi connectivity index (χ0n) is 10.5. The summed E-state index contributed by atoms with van der Waals surface area (Å²) in [6.07, 6.45) is 0. The van der Waals surface area contributed by atoms with Crippen LogP contribution in [0.2, 0.25) is 0 Å². The Labute approximate surface area is 97.8 Å². The van der Waals surface area contributed by atoms with Gasteiger partial charge in [-0.15, -0.1) is 0 Å². The van der Waals surface area contributed by atoms with Gasteiger partial charge in [-0.05, 0) is 19.0 Å². The molecule has 3 heteroatoms. The number of rotatable bonds is 6. The predicted molar refractivity (Wildman–Crippen MR) is 66.1 cm³/mol. The van der Waals surface area contributed by atoms with Crippen LogP contribution in [0.3, 0.4) is 0 Å². The number of hydrogen-bond donors (Lipinski definition) is 1. The van der Waals surface area contributed by atoms with Gasteiger partial charge < -0.3 is 14.8 Å². The van der Waals surface area contributed by atoms with Crippen LogP contribution in [0.5, 0.6) is 11.5 Å². The highest BCUT2D eigenvalue weighted by Gasteiger charge is 2.06. The van der Waals surface area contributed by atoms with Crippen molar-refractivity contribution >= 4 is 0 Å². The smallest absolute Gasteiger partial charge is 0.127 e. The van der Waals surface area contributed by atoms with Gasteiger partial charge >= 0.3 is 0 Å². The van der Waals surface area contributed by atoms with Crippen LogP contribution >= 0.6 is 0 Å². The van der Waals surface area contributed by atoms with E-state index in [1.807, 2.05) is 25.2 Å². The second kappa shape index (κ2) is 6.38. The number of nitrogens with one attached hydrogen (secondary N) is 1. The van der Waals surface area contributed by atoms with Crippen molar-refractivity contribution < 1.29 is 9.47 Å². The van der Waals surface area contributed by atoms with E-state index in [1.165, 1.54) is 0 Å². The number of ether oxygens (including phenoxy) is 2. The van der Waals surface area contributed by atoms with Gasteiger partial charge in [-0.2, -0.15) is 0 Å². The van der Waals surface area contributed by atoms with Crippen molar-refractivity contribution in [3.05, 3.63) is 23.8 Å². The number of hydrogen-bond acceptors (Lipinski definition) is 3. The molecular weight excluding hydrogens is 202 g/mol. The van der Waals surface area contributed by atoms with Crippen molar-refractivity contribution in [2.75, 3.05) is 20.8 Å². The molecule has 1 aromatic rings. The Morgan fingerprint density at radius 3 is 2.62 bits per heavy atom. The predicted octanol–water partition coefficient (Wildman–Crippen LogP) is 2.45. The molecule has 0 bridgehead atoms. The minimum absolute atomic E-state index is 0.522. The fourth-order valence-electron chi connectivity index (χ4n) is 1.39. The number of methoxy groups -OCH3 is 1. The molecule has 0 aliphatic rings. The molecule has 0 aromatic heterocycles. The van der Waals surface area contributed by atoms with Crippen molar-refractivity contribution in [1.29, 1.82) is 0 Å². The molecule has 3 nitrogen and oxygen atoms in total. The van der Waals surface area contributed by atoms with E-state index in [9.17, 15) is 0 Å². The topological polar surface area (TPSA) is 30.5 Å². The van der Waals surface area contributed by atoms with Gasteiger partial charge in [0.1, 0.15) is 11.5 Å².